The fourth-order valence-electron chi connectivity index (χ4n) is 2.98. The first-order valence-electron chi connectivity index (χ1n) is 9.11. The molecule has 29 heavy (non-hydrogen) atoms. The van der Waals surface area contributed by atoms with Crippen molar-refractivity contribution >= 4 is 23.2 Å². The van der Waals surface area contributed by atoms with Gasteiger partial charge in [0.2, 0.25) is 5.91 Å². The first-order chi connectivity index (χ1) is 13.9. The molecule has 2 aromatic carbocycles. The first-order valence-corrected chi connectivity index (χ1v) is 9.11. The quantitative estimate of drug-likeness (QED) is 0.671. The van der Waals surface area contributed by atoms with Gasteiger partial charge in [-0.2, -0.15) is 0 Å². The number of hydrogen-bond donors (Lipinski definition) is 2. The molecule has 0 aliphatic heterocycles. The van der Waals surface area contributed by atoms with Crippen LogP contribution in [0.5, 0.6) is 5.75 Å². The normalized spacial score (nSPS) is 10.5. The molecule has 0 aliphatic carbocycles. The minimum absolute atomic E-state index is 0.0471. The van der Waals surface area contributed by atoms with Crippen molar-refractivity contribution in [3.8, 4) is 5.75 Å². The Morgan fingerprint density at radius 2 is 1.69 bits per heavy atom. The molecule has 0 radical (unpaired) electrons. The smallest absolute Gasteiger partial charge is 0.278 e. The fraction of sp³-hybridized carbons (Fsp3) is 0.238. The minimum atomic E-state index is -0.423. The van der Waals surface area contributed by atoms with Gasteiger partial charge in [0, 0.05) is 5.69 Å². The second kappa shape index (κ2) is 8.55. The van der Waals surface area contributed by atoms with Crippen LogP contribution in [0.4, 0.5) is 11.4 Å². The van der Waals surface area contributed by atoms with Crippen molar-refractivity contribution in [2.75, 3.05) is 17.7 Å². The van der Waals surface area contributed by atoms with E-state index in [4.69, 9.17) is 4.74 Å². The number of ether oxygens (including phenoxy) is 1. The maximum Gasteiger partial charge on any atom is 0.278 e. The minimum Gasteiger partial charge on any atom is -0.495 e. The number of hydrogen-bond acceptors (Lipinski definition) is 5. The zero-order valence-corrected chi connectivity index (χ0v) is 16.8. The number of rotatable bonds is 6. The maximum atomic E-state index is 12.6. The maximum absolute atomic E-state index is 12.6. The number of carbonyl (C=O) groups is 2. The molecular weight excluding hydrogens is 370 g/mol. The second-order valence-corrected chi connectivity index (χ2v) is 6.65. The largest absolute Gasteiger partial charge is 0.495 e. The van der Waals surface area contributed by atoms with E-state index in [-0.39, 0.29) is 18.1 Å². The molecule has 8 heteroatoms. The summed E-state index contributed by atoms with van der Waals surface area (Å²) in [5.41, 5.74) is 3.91. The molecule has 1 heterocycles. The molecular formula is C21H23N5O3. The number of anilines is 2. The summed E-state index contributed by atoms with van der Waals surface area (Å²) in [4.78, 5) is 25.1. The van der Waals surface area contributed by atoms with Gasteiger partial charge in [0.15, 0.2) is 5.69 Å². The highest BCUT2D eigenvalue weighted by atomic mass is 16.5. The molecule has 0 saturated heterocycles. The van der Waals surface area contributed by atoms with Crippen LogP contribution in [0.1, 0.15) is 27.3 Å². The molecule has 3 rings (SSSR count). The number of nitrogens with zero attached hydrogens (tertiary/aromatic N) is 3. The molecule has 0 bridgehead atoms. The molecule has 2 amide bonds. The number of amides is 2. The lowest BCUT2D eigenvalue weighted by Crippen LogP contribution is -2.22. The van der Waals surface area contributed by atoms with Crippen LogP contribution in [0.25, 0.3) is 0 Å². The van der Waals surface area contributed by atoms with E-state index >= 15 is 0 Å². The van der Waals surface area contributed by atoms with Gasteiger partial charge < -0.3 is 15.4 Å². The Kier molecular flexibility index (Phi) is 5.92. The molecule has 8 nitrogen and oxygen atoms in total. The average Bonchev–Trinajstić information content (AvgIpc) is 3.05. The van der Waals surface area contributed by atoms with Crippen LogP contribution in [0.3, 0.4) is 0 Å². The Hall–Kier alpha value is -3.68. The van der Waals surface area contributed by atoms with Gasteiger partial charge in [-0.05, 0) is 44.0 Å². The zero-order chi connectivity index (χ0) is 21.0. The van der Waals surface area contributed by atoms with E-state index in [0.29, 0.717) is 17.1 Å². The summed E-state index contributed by atoms with van der Waals surface area (Å²) in [6.07, 6.45) is 0. The summed E-state index contributed by atoms with van der Waals surface area (Å²) in [7, 11) is 1.53. The van der Waals surface area contributed by atoms with Crippen molar-refractivity contribution < 1.29 is 14.3 Å². The predicted octanol–water partition coefficient (Wildman–Crippen LogP) is 3.10. The number of nitrogens with one attached hydrogen (secondary N) is 2. The summed E-state index contributed by atoms with van der Waals surface area (Å²) in [6.45, 7) is 5.52. The summed E-state index contributed by atoms with van der Waals surface area (Å²) in [6, 6.07) is 12.9. The number of methoxy groups -OCH3 is 1. The molecule has 1 aromatic heterocycles. The van der Waals surface area contributed by atoms with Gasteiger partial charge >= 0.3 is 0 Å². The van der Waals surface area contributed by atoms with E-state index in [1.165, 1.54) is 11.8 Å². The van der Waals surface area contributed by atoms with Crippen molar-refractivity contribution in [3.05, 3.63) is 65.0 Å². The fourth-order valence-corrected chi connectivity index (χ4v) is 2.98. The third kappa shape index (κ3) is 4.43. The van der Waals surface area contributed by atoms with Crippen LogP contribution in [0, 0.1) is 20.8 Å². The monoisotopic (exact) mass is 393 g/mol. The second-order valence-electron chi connectivity index (χ2n) is 6.65. The van der Waals surface area contributed by atoms with Gasteiger partial charge in [-0.25, -0.2) is 4.68 Å². The van der Waals surface area contributed by atoms with Crippen LogP contribution < -0.4 is 15.4 Å². The highest BCUT2D eigenvalue weighted by molar-refractivity contribution is 6.04. The lowest BCUT2D eigenvalue weighted by Gasteiger charge is -2.12. The Bertz CT molecular complexity index is 1040. The van der Waals surface area contributed by atoms with Gasteiger partial charge in [0.1, 0.15) is 12.3 Å². The molecule has 3 aromatic rings. The predicted molar refractivity (Wildman–Crippen MR) is 110 cm³/mol. The summed E-state index contributed by atoms with van der Waals surface area (Å²) >= 11 is 0. The van der Waals surface area contributed by atoms with Crippen LogP contribution in [-0.2, 0) is 11.3 Å². The van der Waals surface area contributed by atoms with Gasteiger partial charge in [0.05, 0.1) is 18.5 Å². The van der Waals surface area contributed by atoms with Crippen molar-refractivity contribution in [1.29, 1.82) is 0 Å². The SMILES string of the molecule is COc1ccccc1NC(=O)c1nnn(CC(=O)Nc2c(C)cccc2C)c1C. The number of aryl methyl sites for hydroxylation is 2. The third-order valence-electron chi connectivity index (χ3n) is 4.59. The molecule has 0 saturated carbocycles. The standard InChI is InChI=1S/C21H23N5O3/c1-13-8-7-9-14(2)19(13)23-18(27)12-26-15(3)20(24-25-26)21(28)22-16-10-5-6-11-17(16)29-4/h5-11H,12H2,1-4H3,(H,22,28)(H,23,27). The Morgan fingerprint density at radius 1 is 1.00 bits per heavy atom. The van der Waals surface area contributed by atoms with Crippen molar-refractivity contribution in [2.24, 2.45) is 0 Å². The zero-order valence-electron chi connectivity index (χ0n) is 16.8. The van der Waals surface area contributed by atoms with E-state index < -0.39 is 5.91 Å². The number of aromatic nitrogens is 3. The van der Waals surface area contributed by atoms with Crippen LogP contribution in [-0.4, -0.2) is 33.9 Å². The van der Waals surface area contributed by atoms with E-state index in [1.807, 2.05) is 38.1 Å². The van der Waals surface area contributed by atoms with Crippen LogP contribution in [0.2, 0.25) is 0 Å². The number of carbonyl (C=O) groups excluding carboxylic acids is 2. The highest BCUT2D eigenvalue weighted by Crippen LogP contribution is 2.24. The molecule has 150 valence electrons. The van der Waals surface area contributed by atoms with E-state index in [0.717, 1.165) is 16.8 Å². The highest BCUT2D eigenvalue weighted by Gasteiger charge is 2.19. The van der Waals surface area contributed by atoms with E-state index in [2.05, 4.69) is 20.9 Å². The van der Waals surface area contributed by atoms with Gasteiger partial charge in [-0.1, -0.05) is 35.5 Å². The lowest BCUT2D eigenvalue weighted by atomic mass is 10.1. The van der Waals surface area contributed by atoms with Gasteiger partial charge in [0.25, 0.3) is 5.91 Å². The van der Waals surface area contributed by atoms with E-state index in [9.17, 15) is 9.59 Å². The van der Waals surface area contributed by atoms with Gasteiger partial charge in [-0.15, -0.1) is 5.10 Å². The molecule has 2 N–H and O–H groups in total. The van der Waals surface area contributed by atoms with Crippen molar-refractivity contribution in [1.82, 2.24) is 15.0 Å². The van der Waals surface area contributed by atoms with Crippen LogP contribution in [0.15, 0.2) is 42.5 Å². The van der Waals surface area contributed by atoms with E-state index in [1.54, 1.807) is 25.1 Å². The lowest BCUT2D eigenvalue weighted by molar-refractivity contribution is -0.117. The topological polar surface area (TPSA) is 98.1 Å². The summed E-state index contributed by atoms with van der Waals surface area (Å²) < 4.78 is 6.64. The molecule has 0 fully saturated rings. The summed E-state index contributed by atoms with van der Waals surface area (Å²) in [5, 5.41) is 13.6. The molecule has 0 aliphatic rings. The Balaban J connectivity index is 1.72. The Morgan fingerprint density at radius 3 is 2.38 bits per heavy atom. The van der Waals surface area contributed by atoms with Crippen LogP contribution >= 0.6 is 0 Å². The van der Waals surface area contributed by atoms with Crippen molar-refractivity contribution in [3.63, 3.8) is 0 Å². The molecule has 0 unspecified atom stereocenters. The number of benzene rings is 2. The summed E-state index contributed by atoms with van der Waals surface area (Å²) in [5.74, 6) is -0.126. The Labute approximate surface area is 168 Å². The third-order valence-corrected chi connectivity index (χ3v) is 4.59. The molecule has 0 spiro atoms. The first kappa shape index (κ1) is 20.1. The van der Waals surface area contributed by atoms with Gasteiger partial charge in [-0.3, -0.25) is 9.59 Å². The number of para-hydroxylation sites is 3. The molecule has 0 atom stereocenters. The van der Waals surface area contributed by atoms with Crippen molar-refractivity contribution in [2.45, 2.75) is 27.3 Å². The average molecular weight is 393 g/mol.